The molecule has 9 nitrogen and oxygen atoms in total. The van der Waals surface area contributed by atoms with Crippen molar-refractivity contribution in [3.8, 4) is 0 Å². The molecule has 0 amide bonds. The Kier molecular flexibility index (Phi) is 3.62. The van der Waals surface area contributed by atoms with E-state index in [2.05, 4.69) is 15.0 Å². The van der Waals surface area contributed by atoms with Crippen molar-refractivity contribution in [2.24, 2.45) is 0 Å². The van der Waals surface area contributed by atoms with Crippen LogP contribution in [-0.2, 0) is 4.74 Å². The summed E-state index contributed by atoms with van der Waals surface area (Å²) in [6.45, 7) is -0.221. The molecule has 3 atom stereocenters. The highest BCUT2D eigenvalue weighted by Gasteiger charge is 2.35. The minimum Gasteiger partial charge on any atom is -0.412 e. The fraction of sp³-hybridized carbons (Fsp3) is 0.500. The van der Waals surface area contributed by atoms with Gasteiger partial charge in [-0.3, -0.25) is 4.57 Å². The van der Waals surface area contributed by atoms with E-state index in [1.54, 1.807) is 10.9 Å². The fourth-order valence-electron chi connectivity index (χ4n) is 2.13. The van der Waals surface area contributed by atoms with E-state index >= 15 is 0 Å². The lowest BCUT2D eigenvalue weighted by molar-refractivity contribution is -0.0432. The Morgan fingerprint density at radius 2 is 2.21 bits per heavy atom. The Morgan fingerprint density at radius 1 is 1.42 bits per heavy atom. The molecule has 6 N–H and O–H groups in total. The van der Waals surface area contributed by atoms with Crippen molar-refractivity contribution in [2.75, 3.05) is 12.3 Å². The van der Waals surface area contributed by atoms with Crippen LogP contribution in [0.15, 0.2) is 12.7 Å². The third kappa shape index (κ3) is 2.12. The smallest absolute Gasteiger partial charge is 0.167 e. The van der Waals surface area contributed by atoms with Gasteiger partial charge in [0.05, 0.1) is 19.0 Å². The fourth-order valence-corrected chi connectivity index (χ4v) is 2.13. The molecular weight excluding hydrogens is 254 g/mol. The zero-order valence-corrected chi connectivity index (χ0v) is 9.97. The Bertz CT molecular complexity index is 574. The Balaban J connectivity index is 0.00000133. The number of aliphatic hydroxyl groups excluding tert-OH is 2. The molecular formula is C10H15N5O4. The number of aromatic nitrogens is 4. The summed E-state index contributed by atoms with van der Waals surface area (Å²) in [6.07, 6.45) is 1.60. The van der Waals surface area contributed by atoms with Crippen molar-refractivity contribution in [1.82, 2.24) is 19.5 Å². The van der Waals surface area contributed by atoms with Gasteiger partial charge in [0.15, 0.2) is 11.5 Å². The number of hydrogen-bond acceptors (Lipinski definition) is 7. The van der Waals surface area contributed by atoms with Gasteiger partial charge in [-0.2, -0.15) is 0 Å². The van der Waals surface area contributed by atoms with E-state index in [0.717, 1.165) is 0 Å². The average molecular weight is 269 g/mol. The maximum Gasteiger partial charge on any atom is 0.167 e. The summed E-state index contributed by atoms with van der Waals surface area (Å²) < 4.78 is 7.22. The number of hydrogen-bond donors (Lipinski definition) is 3. The maximum atomic E-state index is 9.71. The average Bonchev–Trinajstić information content (AvgIpc) is 2.93. The van der Waals surface area contributed by atoms with Crippen LogP contribution in [0.2, 0.25) is 0 Å². The van der Waals surface area contributed by atoms with Gasteiger partial charge in [0, 0.05) is 6.42 Å². The van der Waals surface area contributed by atoms with Crippen LogP contribution >= 0.6 is 0 Å². The van der Waals surface area contributed by atoms with Crippen LogP contribution in [0.5, 0.6) is 0 Å². The molecule has 1 fully saturated rings. The molecule has 0 aliphatic carbocycles. The van der Waals surface area contributed by atoms with Crippen molar-refractivity contribution >= 4 is 17.0 Å². The zero-order valence-electron chi connectivity index (χ0n) is 9.97. The lowest BCUT2D eigenvalue weighted by Crippen LogP contribution is -2.24. The van der Waals surface area contributed by atoms with Gasteiger partial charge in [-0.15, -0.1) is 0 Å². The predicted octanol–water partition coefficient (Wildman–Crippen LogP) is -1.78. The molecule has 1 aliphatic rings. The van der Waals surface area contributed by atoms with Crippen molar-refractivity contribution in [1.29, 1.82) is 0 Å². The van der Waals surface area contributed by atoms with E-state index in [0.29, 0.717) is 23.4 Å². The van der Waals surface area contributed by atoms with Crippen LogP contribution in [0.1, 0.15) is 12.6 Å². The molecule has 2 aromatic rings. The van der Waals surface area contributed by atoms with Gasteiger partial charge < -0.3 is 26.2 Å². The standard InChI is InChI=1S/C10H13N5O3.H2O/c11-9-8-10(13-3-12-9)15(4-14-8)7-1-5(17)6(2-16)18-7;/h3-7,16-17H,1-2H2,(H2,11,12,13);1H2/t5-,6?,7?;/m1./s1. The van der Waals surface area contributed by atoms with Crippen LogP contribution in [0.4, 0.5) is 5.82 Å². The quantitative estimate of drug-likeness (QED) is 0.583. The summed E-state index contributed by atoms with van der Waals surface area (Å²) in [5, 5.41) is 18.8. The van der Waals surface area contributed by atoms with Crippen LogP contribution < -0.4 is 5.73 Å². The van der Waals surface area contributed by atoms with Gasteiger partial charge in [0.1, 0.15) is 24.2 Å². The van der Waals surface area contributed by atoms with E-state index in [1.165, 1.54) is 6.33 Å². The summed E-state index contributed by atoms with van der Waals surface area (Å²) in [4.78, 5) is 12.1. The van der Waals surface area contributed by atoms with Crippen molar-refractivity contribution in [2.45, 2.75) is 24.9 Å². The van der Waals surface area contributed by atoms with Crippen molar-refractivity contribution in [3.05, 3.63) is 12.7 Å². The molecule has 19 heavy (non-hydrogen) atoms. The van der Waals surface area contributed by atoms with E-state index < -0.39 is 18.4 Å². The third-order valence-electron chi connectivity index (χ3n) is 3.08. The Hall–Kier alpha value is -1.81. The monoisotopic (exact) mass is 269 g/mol. The normalized spacial score (nSPS) is 26.5. The maximum absolute atomic E-state index is 9.71. The van der Waals surface area contributed by atoms with Gasteiger partial charge in [-0.05, 0) is 0 Å². The summed E-state index contributed by atoms with van der Waals surface area (Å²) in [5.41, 5.74) is 6.75. The molecule has 1 saturated heterocycles. The SMILES string of the molecule is Nc1ncnc2c1ncn2C1C[C@@H](O)C(CO)O1.O. The molecule has 2 unspecified atom stereocenters. The van der Waals surface area contributed by atoms with Crippen LogP contribution in [0, 0.1) is 0 Å². The number of nitrogens with zero attached hydrogens (tertiary/aromatic N) is 4. The minimum atomic E-state index is -0.698. The summed E-state index contributed by atoms with van der Waals surface area (Å²) in [7, 11) is 0. The van der Waals surface area contributed by atoms with E-state index in [-0.39, 0.29) is 12.1 Å². The van der Waals surface area contributed by atoms with E-state index in [4.69, 9.17) is 15.6 Å². The number of nitrogen functional groups attached to an aromatic ring is 1. The van der Waals surface area contributed by atoms with E-state index in [1.807, 2.05) is 0 Å². The molecule has 0 aromatic carbocycles. The third-order valence-corrected chi connectivity index (χ3v) is 3.08. The molecule has 0 bridgehead atoms. The van der Waals surface area contributed by atoms with Gasteiger partial charge >= 0.3 is 0 Å². The molecule has 0 radical (unpaired) electrons. The molecule has 1 aliphatic heterocycles. The predicted molar refractivity (Wildman–Crippen MR) is 65.0 cm³/mol. The Morgan fingerprint density at radius 3 is 2.89 bits per heavy atom. The summed E-state index contributed by atoms with van der Waals surface area (Å²) in [6, 6.07) is 0. The first-order valence-electron chi connectivity index (χ1n) is 5.58. The zero-order chi connectivity index (χ0) is 12.7. The largest absolute Gasteiger partial charge is 0.412 e. The van der Waals surface area contributed by atoms with Crippen LogP contribution in [0.25, 0.3) is 11.2 Å². The number of aliphatic hydroxyl groups is 2. The molecule has 2 aromatic heterocycles. The van der Waals surface area contributed by atoms with E-state index in [9.17, 15) is 5.11 Å². The Labute approximate surface area is 108 Å². The van der Waals surface area contributed by atoms with Crippen LogP contribution in [0.3, 0.4) is 0 Å². The highest BCUT2D eigenvalue weighted by atomic mass is 16.5. The highest BCUT2D eigenvalue weighted by molar-refractivity contribution is 5.81. The molecule has 0 saturated carbocycles. The molecule has 104 valence electrons. The highest BCUT2D eigenvalue weighted by Crippen LogP contribution is 2.30. The number of ether oxygens (including phenoxy) is 1. The first kappa shape index (κ1) is 13.6. The van der Waals surface area contributed by atoms with Gasteiger partial charge in [0.2, 0.25) is 0 Å². The van der Waals surface area contributed by atoms with Crippen molar-refractivity contribution < 1.29 is 20.4 Å². The second-order valence-corrected chi connectivity index (χ2v) is 4.20. The number of anilines is 1. The molecule has 3 heterocycles. The minimum absolute atomic E-state index is 0. The summed E-state index contributed by atoms with van der Waals surface area (Å²) in [5.74, 6) is 0.302. The molecule has 0 spiro atoms. The molecule has 9 heteroatoms. The first-order valence-corrected chi connectivity index (χ1v) is 5.58. The van der Waals surface area contributed by atoms with Gasteiger partial charge in [-0.1, -0.05) is 0 Å². The molecule has 3 rings (SSSR count). The number of rotatable bonds is 2. The number of fused-ring (bicyclic) bond motifs is 1. The second-order valence-electron chi connectivity index (χ2n) is 4.20. The van der Waals surface area contributed by atoms with Gasteiger partial charge in [-0.25, -0.2) is 15.0 Å². The second kappa shape index (κ2) is 5.05. The topological polar surface area (TPSA) is 151 Å². The number of imidazole rings is 1. The lowest BCUT2D eigenvalue weighted by Gasteiger charge is -2.13. The summed E-state index contributed by atoms with van der Waals surface area (Å²) >= 11 is 0. The first-order chi connectivity index (χ1) is 8.70. The van der Waals surface area contributed by atoms with Crippen molar-refractivity contribution in [3.63, 3.8) is 0 Å². The van der Waals surface area contributed by atoms with Gasteiger partial charge in [0.25, 0.3) is 0 Å². The number of nitrogens with two attached hydrogens (primary N) is 1. The van der Waals surface area contributed by atoms with Crippen LogP contribution in [-0.4, -0.2) is 54.0 Å². The lowest BCUT2D eigenvalue weighted by atomic mass is 10.2.